The minimum Gasteiger partial charge on any atom is -0.453 e. The number of aromatic amines is 1. The second-order valence-electron chi connectivity index (χ2n) is 9.79. The first-order chi connectivity index (χ1) is 20.2. The zero-order valence-electron chi connectivity index (χ0n) is 21.8. The standard InChI is InChI=1S/C30H22F2N6O4/c31-18-5-7-19(8-6-18)35-28(40)30(12-13-30)29(41)36-20-9-10-22(21(32)15-20)42-23-11-14-34-27-24(23)25(37-38-27)16-1-3-17(4-2-16)26(33)39/h1-11,14-15H,12-13H2,(H2,33,39)(H,35,40)(H,36,41)(H,34,37,38). The van der Waals surface area contributed by atoms with Gasteiger partial charge in [0.25, 0.3) is 0 Å². The molecule has 2 heterocycles. The lowest BCUT2D eigenvalue weighted by Gasteiger charge is -2.16. The molecule has 0 bridgehead atoms. The third kappa shape index (κ3) is 5.01. The Morgan fingerprint density at radius 3 is 2.17 bits per heavy atom. The van der Waals surface area contributed by atoms with Crippen LogP contribution in [0.4, 0.5) is 20.2 Å². The van der Waals surface area contributed by atoms with Crippen LogP contribution in [0.3, 0.4) is 0 Å². The average molecular weight is 569 g/mol. The molecule has 42 heavy (non-hydrogen) atoms. The van der Waals surface area contributed by atoms with E-state index in [-0.39, 0.29) is 17.2 Å². The summed E-state index contributed by atoms with van der Waals surface area (Å²) in [5.41, 5.74) is 6.43. The molecule has 0 aliphatic heterocycles. The molecular weight excluding hydrogens is 546 g/mol. The molecule has 3 amide bonds. The second-order valence-corrected chi connectivity index (χ2v) is 9.79. The number of nitrogens with zero attached hydrogens (tertiary/aromatic N) is 2. The minimum absolute atomic E-state index is 0.119. The van der Waals surface area contributed by atoms with Crippen molar-refractivity contribution in [1.29, 1.82) is 0 Å². The summed E-state index contributed by atoms with van der Waals surface area (Å²) >= 11 is 0. The summed E-state index contributed by atoms with van der Waals surface area (Å²) in [6, 6.07) is 17.2. The third-order valence-electron chi connectivity index (χ3n) is 7.01. The molecule has 5 N–H and O–H groups in total. The molecule has 0 saturated heterocycles. The number of anilines is 2. The van der Waals surface area contributed by atoms with Gasteiger partial charge in [-0.3, -0.25) is 19.5 Å². The van der Waals surface area contributed by atoms with E-state index in [9.17, 15) is 18.8 Å². The Kier molecular flexibility index (Phi) is 6.57. The molecule has 1 aliphatic rings. The zero-order valence-corrected chi connectivity index (χ0v) is 21.8. The first-order valence-electron chi connectivity index (χ1n) is 12.8. The third-order valence-corrected chi connectivity index (χ3v) is 7.01. The van der Waals surface area contributed by atoms with Gasteiger partial charge in [0.05, 0.1) is 11.1 Å². The Labute approximate surface area is 236 Å². The average Bonchev–Trinajstić information content (AvgIpc) is 3.69. The molecule has 10 nitrogen and oxygen atoms in total. The number of H-pyrrole nitrogens is 1. The largest absolute Gasteiger partial charge is 0.453 e. The Balaban J connectivity index is 1.19. The normalized spacial score (nSPS) is 13.4. The summed E-state index contributed by atoms with van der Waals surface area (Å²) in [7, 11) is 0. The van der Waals surface area contributed by atoms with Crippen molar-refractivity contribution in [3.8, 4) is 22.8 Å². The van der Waals surface area contributed by atoms with E-state index in [4.69, 9.17) is 10.5 Å². The predicted molar refractivity (Wildman–Crippen MR) is 150 cm³/mol. The lowest BCUT2D eigenvalue weighted by Crippen LogP contribution is -2.35. The molecule has 0 spiro atoms. The van der Waals surface area contributed by atoms with Crippen molar-refractivity contribution in [2.24, 2.45) is 11.1 Å². The van der Waals surface area contributed by atoms with Crippen LogP contribution in [0.1, 0.15) is 23.2 Å². The highest BCUT2D eigenvalue weighted by Gasteiger charge is 2.56. The quantitative estimate of drug-likeness (QED) is 0.190. The molecule has 2 aromatic heterocycles. The number of fused-ring (bicyclic) bond motifs is 1. The molecule has 0 radical (unpaired) electrons. The number of hydrogen-bond donors (Lipinski definition) is 4. The highest BCUT2D eigenvalue weighted by Crippen LogP contribution is 2.47. The van der Waals surface area contributed by atoms with Gasteiger partial charge in [0, 0.05) is 34.8 Å². The van der Waals surface area contributed by atoms with E-state index in [0.717, 1.165) is 6.07 Å². The molecule has 1 saturated carbocycles. The van der Waals surface area contributed by atoms with Crippen molar-refractivity contribution in [2.75, 3.05) is 10.6 Å². The van der Waals surface area contributed by atoms with Crippen LogP contribution in [0.25, 0.3) is 22.3 Å². The molecule has 6 rings (SSSR count). The lowest BCUT2D eigenvalue weighted by molar-refractivity contribution is -0.131. The van der Waals surface area contributed by atoms with Crippen LogP contribution in [0.5, 0.6) is 11.5 Å². The summed E-state index contributed by atoms with van der Waals surface area (Å²) < 4.78 is 34.2. The van der Waals surface area contributed by atoms with Crippen molar-refractivity contribution in [1.82, 2.24) is 15.2 Å². The van der Waals surface area contributed by atoms with E-state index >= 15 is 4.39 Å². The monoisotopic (exact) mass is 568 g/mol. The number of halogens is 2. The van der Waals surface area contributed by atoms with E-state index in [1.165, 1.54) is 42.6 Å². The fraction of sp³-hybridized carbons (Fsp3) is 0.100. The van der Waals surface area contributed by atoms with Gasteiger partial charge in [0.2, 0.25) is 17.7 Å². The van der Waals surface area contributed by atoms with Gasteiger partial charge in [-0.2, -0.15) is 5.10 Å². The highest BCUT2D eigenvalue weighted by molar-refractivity contribution is 6.17. The van der Waals surface area contributed by atoms with Crippen LogP contribution >= 0.6 is 0 Å². The number of carbonyl (C=O) groups is 3. The van der Waals surface area contributed by atoms with Crippen LogP contribution < -0.4 is 21.1 Å². The number of amides is 3. The van der Waals surface area contributed by atoms with Crippen molar-refractivity contribution >= 4 is 40.1 Å². The molecule has 1 fully saturated rings. The number of hydrogen-bond acceptors (Lipinski definition) is 6. The fourth-order valence-corrected chi connectivity index (χ4v) is 4.51. The second kappa shape index (κ2) is 10.4. The maximum Gasteiger partial charge on any atom is 0.248 e. The highest BCUT2D eigenvalue weighted by atomic mass is 19.1. The Morgan fingerprint density at radius 1 is 0.857 bits per heavy atom. The van der Waals surface area contributed by atoms with Gasteiger partial charge in [-0.15, -0.1) is 0 Å². The van der Waals surface area contributed by atoms with Gasteiger partial charge in [-0.1, -0.05) is 12.1 Å². The summed E-state index contributed by atoms with van der Waals surface area (Å²) in [4.78, 5) is 41.5. The van der Waals surface area contributed by atoms with Crippen molar-refractivity contribution in [3.05, 3.63) is 96.2 Å². The summed E-state index contributed by atoms with van der Waals surface area (Å²) in [6.07, 6.45) is 2.12. The van der Waals surface area contributed by atoms with Crippen LogP contribution in [0, 0.1) is 17.0 Å². The molecular formula is C30H22F2N6O4. The topological polar surface area (TPSA) is 152 Å². The van der Waals surface area contributed by atoms with E-state index in [1.807, 2.05) is 0 Å². The number of primary amides is 1. The van der Waals surface area contributed by atoms with Crippen molar-refractivity contribution in [3.63, 3.8) is 0 Å². The number of pyridine rings is 1. The Bertz CT molecular complexity index is 1850. The van der Waals surface area contributed by atoms with E-state index in [1.54, 1.807) is 30.3 Å². The van der Waals surface area contributed by atoms with Gasteiger partial charge in [0.15, 0.2) is 17.2 Å². The van der Waals surface area contributed by atoms with Crippen LogP contribution in [0.15, 0.2) is 79.0 Å². The maximum atomic E-state index is 15.2. The SMILES string of the molecule is NC(=O)c1ccc(-c2[nH]nc3nccc(Oc4ccc(NC(=O)C5(C(=O)Nc6ccc(F)cc6)CC5)cc4F)c23)cc1. The minimum atomic E-state index is -1.30. The van der Waals surface area contributed by atoms with Crippen LogP contribution in [0.2, 0.25) is 0 Å². The number of ether oxygens (including phenoxy) is 1. The maximum absolute atomic E-state index is 15.2. The molecule has 0 unspecified atom stereocenters. The van der Waals surface area contributed by atoms with Gasteiger partial charge < -0.3 is 21.1 Å². The molecule has 5 aromatic rings. The smallest absolute Gasteiger partial charge is 0.248 e. The van der Waals surface area contributed by atoms with E-state index in [0.29, 0.717) is 46.4 Å². The Morgan fingerprint density at radius 2 is 1.52 bits per heavy atom. The molecule has 12 heteroatoms. The number of carbonyl (C=O) groups excluding carboxylic acids is 3. The van der Waals surface area contributed by atoms with Gasteiger partial charge in [-0.25, -0.2) is 13.8 Å². The van der Waals surface area contributed by atoms with E-state index in [2.05, 4.69) is 25.8 Å². The number of nitrogens with two attached hydrogens (primary N) is 1. The zero-order chi connectivity index (χ0) is 29.4. The first kappa shape index (κ1) is 26.6. The Hall–Kier alpha value is -5.65. The fourth-order valence-electron chi connectivity index (χ4n) is 4.51. The summed E-state index contributed by atoms with van der Waals surface area (Å²) in [6.45, 7) is 0. The van der Waals surface area contributed by atoms with E-state index < -0.39 is 34.8 Å². The van der Waals surface area contributed by atoms with Crippen molar-refractivity contribution < 1.29 is 27.9 Å². The molecule has 3 aromatic carbocycles. The number of nitrogens with one attached hydrogen (secondary N) is 3. The lowest BCUT2D eigenvalue weighted by atomic mass is 10.0. The van der Waals surface area contributed by atoms with Gasteiger partial charge >= 0.3 is 0 Å². The van der Waals surface area contributed by atoms with Crippen molar-refractivity contribution in [2.45, 2.75) is 12.8 Å². The summed E-state index contributed by atoms with van der Waals surface area (Å²) in [5.74, 6) is -2.70. The molecule has 210 valence electrons. The molecule has 0 atom stereocenters. The summed E-state index contributed by atoms with van der Waals surface area (Å²) in [5, 5.41) is 12.8. The number of rotatable bonds is 8. The number of benzene rings is 3. The van der Waals surface area contributed by atoms with Crippen LogP contribution in [-0.2, 0) is 9.59 Å². The van der Waals surface area contributed by atoms with Gasteiger partial charge in [-0.05, 0) is 67.4 Å². The number of aromatic nitrogens is 3. The molecule has 1 aliphatic carbocycles. The predicted octanol–water partition coefficient (Wildman–Crippen LogP) is 5.15. The first-order valence-corrected chi connectivity index (χ1v) is 12.8. The van der Waals surface area contributed by atoms with Gasteiger partial charge in [0.1, 0.15) is 17.0 Å². The van der Waals surface area contributed by atoms with Crippen LogP contribution in [-0.4, -0.2) is 32.9 Å².